The topological polar surface area (TPSA) is 85.8 Å². The quantitative estimate of drug-likeness (QED) is 0.803. The third-order valence-electron chi connectivity index (χ3n) is 3.94. The van der Waals surface area contributed by atoms with Crippen molar-refractivity contribution in [2.75, 3.05) is 5.32 Å². The molecular formula is C16H19N5O2. The minimum Gasteiger partial charge on any atom is -0.336 e. The molecule has 0 spiro atoms. The van der Waals surface area contributed by atoms with Crippen molar-refractivity contribution in [2.24, 2.45) is 7.05 Å². The minimum absolute atomic E-state index is 0.222. The van der Waals surface area contributed by atoms with Crippen LogP contribution in [0.2, 0.25) is 0 Å². The fourth-order valence-electron chi connectivity index (χ4n) is 2.77. The van der Waals surface area contributed by atoms with Crippen molar-refractivity contribution in [1.82, 2.24) is 19.9 Å². The van der Waals surface area contributed by atoms with Gasteiger partial charge in [-0.3, -0.25) is 9.48 Å². The highest BCUT2D eigenvalue weighted by Gasteiger charge is 2.20. The lowest BCUT2D eigenvalue weighted by molar-refractivity contribution is 0.102. The molecule has 0 unspecified atom stereocenters. The van der Waals surface area contributed by atoms with E-state index in [2.05, 4.69) is 20.6 Å². The molecule has 0 aliphatic rings. The number of rotatable bonds is 3. The Morgan fingerprint density at radius 3 is 2.74 bits per heavy atom. The lowest BCUT2D eigenvalue weighted by Gasteiger charge is -2.08. The molecule has 0 saturated carbocycles. The summed E-state index contributed by atoms with van der Waals surface area (Å²) in [7, 11) is 1.82. The normalized spacial score (nSPS) is 11.2. The summed E-state index contributed by atoms with van der Waals surface area (Å²) in [4.78, 5) is 17.1. The number of fused-ring (bicyclic) bond motifs is 1. The Labute approximate surface area is 133 Å². The number of pyridine rings is 1. The van der Waals surface area contributed by atoms with Gasteiger partial charge in [0.25, 0.3) is 11.6 Å². The molecule has 120 valence electrons. The Hall–Kier alpha value is -2.70. The predicted molar refractivity (Wildman–Crippen MR) is 86.6 cm³/mol. The number of carbonyl (C=O) groups is 1. The van der Waals surface area contributed by atoms with Gasteiger partial charge in [-0.25, -0.2) is 4.98 Å². The molecule has 23 heavy (non-hydrogen) atoms. The van der Waals surface area contributed by atoms with Gasteiger partial charge < -0.3 is 9.84 Å². The molecule has 0 aromatic carbocycles. The third kappa shape index (κ3) is 2.48. The zero-order valence-electron chi connectivity index (χ0n) is 13.9. The first kappa shape index (κ1) is 15.2. The van der Waals surface area contributed by atoms with E-state index in [9.17, 15) is 4.79 Å². The van der Waals surface area contributed by atoms with Crippen LogP contribution in [0.15, 0.2) is 10.6 Å². The number of hydrogen-bond acceptors (Lipinski definition) is 5. The second-order valence-electron chi connectivity index (χ2n) is 5.61. The van der Waals surface area contributed by atoms with Crippen molar-refractivity contribution >= 4 is 22.8 Å². The monoisotopic (exact) mass is 313 g/mol. The van der Waals surface area contributed by atoms with Crippen LogP contribution in [-0.2, 0) is 13.5 Å². The van der Waals surface area contributed by atoms with Crippen molar-refractivity contribution in [1.29, 1.82) is 0 Å². The Bertz CT molecular complexity index is 907. The second-order valence-corrected chi connectivity index (χ2v) is 5.61. The van der Waals surface area contributed by atoms with Gasteiger partial charge in [-0.1, -0.05) is 12.1 Å². The summed E-state index contributed by atoms with van der Waals surface area (Å²) in [5.41, 5.74) is 4.18. The number of aromatic nitrogens is 4. The smallest absolute Gasteiger partial charge is 0.258 e. The van der Waals surface area contributed by atoms with E-state index < -0.39 is 0 Å². The number of amides is 1. The molecule has 0 aliphatic carbocycles. The average Bonchev–Trinajstić information content (AvgIpc) is 3.01. The Balaban J connectivity index is 2.05. The number of nitrogens with zero attached hydrogens (tertiary/aromatic N) is 4. The van der Waals surface area contributed by atoms with Gasteiger partial charge in [-0.2, -0.15) is 5.10 Å². The van der Waals surface area contributed by atoms with Crippen LogP contribution >= 0.6 is 0 Å². The predicted octanol–water partition coefficient (Wildman–Crippen LogP) is 2.70. The van der Waals surface area contributed by atoms with Gasteiger partial charge in [-0.15, -0.1) is 0 Å². The van der Waals surface area contributed by atoms with Gasteiger partial charge in [-0.05, 0) is 33.3 Å². The number of nitrogens with one attached hydrogen (secondary N) is 1. The highest BCUT2D eigenvalue weighted by molar-refractivity contribution is 6.12. The van der Waals surface area contributed by atoms with Gasteiger partial charge in [0.15, 0.2) is 0 Å². The summed E-state index contributed by atoms with van der Waals surface area (Å²) in [6.45, 7) is 7.61. The number of anilines is 1. The van der Waals surface area contributed by atoms with Crippen molar-refractivity contribution in [3.8, 4) is 0 Å². The molecule has 0 saturated heterocycles. The molecule has 1 amide bonds. The fourth-order valence-corrected chi connectivity index (χ4v) is 2.77. The van der Waals surface area contributed by atoms with E-state index in [1.54, 1.807) is 17.7 Å². The first-order valence-corrected chi connectivity index (χ1v) is 7.49. The van der Waals surface area contributed by atoms with E-state index >= 15 is 0 Å². The Morgan fingerprint density at radius 2 is 2.09 bits per heavy atom. The molecule has 3 aromatic rings. The van der Waals surface area contributed by atoms with E-state index in [1.807, 2.05) is 27.8 Å². The maximum Gasteiger partial charge on any atom is 0.258 e. The van der Waals surface area contributed by atoms with Crippen LogP contribution in [0.1, 0.15) is 39.9 Å². The van der Waals surface area contributed by atoms with E-state index in [4.69, 9.17) is 4.52 Å². The van der Waals surface area contributed by atoms with Gasteiger partial charge in [0.05, 0.1) is 22.3 Å². The number of hydrogen-bond donors (Lipinski definition) is 1. The summed E-state index contributed by atoms with van der Waals surface area (Å²) in [6.07, 6.45) is 0.818. The van der Waals surface area contributed by atoms with Gasteiger partial charge in [0.2, 0.25) is 0 Å². The van der Waals surface area contributed by atoms with E-state index in [-0.39, 0.29) is 5.91 Å². The van der Waals surface area contributed by atoms with Gasteiger partial charge in [0, 0.05) is 18.3 Å². The van der Waals surface area contributed by atoms with E-state index in [0.717, 1.165) is 17.7 Å². The van der Waals surface area contributed by atoms with Crippen LogP contribution in [0, 0.1) is 20.8 Å². The molecule has 3 aromatic heterocycles. The highest BCUT2D eigenvalue weighted by Crippen LogP contribution is 2.24. The Morgan fingerprint density at radius 1 is 1.35 bits per heavy atom. The van der Waals surface area contributed by atoms with Crippen LogP contribution in [0.4, 0.5) is 5.82 Å². The SMILES string of the molecule is CCc1nn(C)c(NC(=O)c2cc(C)nc3onc(C)c23)c1C. The lowest BCUT2D eigenvalue weighted by atomic mass is 10.1. The largest absolute Gasteiger partial charge is 0.336 e. The molecule has 0 radical (unpaired) electrons. The summed E-state index contributed by atoms with van der Waals surface area (Å²) in [6, 6.07) is 1.74. The second kappa shape index (κ2) is 5.49. The zero-order valence-corrected chi connectivity index (χ0v) is 13.9. The first-order chi connectivity index (χ1) is 10.9. The maximum atomic E-state index is 12.8. The van der Waals surface area contributed by atoms with Crippen LogP contribution in [-0.4, -0.2) is 25.8 Å². The molecule has 0 bridgehead atoms. The third-order valence-corrected chi connectivity index (χ3v) is 3.94. The summed E-state index contributed by atoms with van der Waals surface area (Å²) in [5.74, 6) is 0.476. The van der Waals surface area contributed by atoms with Crippen molar-refractivity contribution < 1.29 is 9.32 Å². The zero-order chi connectivity index (χ0) is 16.7. The van der Waals surface area contributed by atoms with Crippen molar-refractivity contribution in [3.05, 3.63) is 34.3 Å². The highest BCUT2D eigenvalue weighted by atomic mass is 16.5. The molecule has 0 fully saturated rings. The molecule has 7 nitrogen and oxygen atoms in total. The molecule has 3 rings (SSSR count). The minimum atomic E-state index is -0.222. The van der Waals surface area contributed by atoms with Crippen molar-refractivity contribution in [3.63, 3.8) is 0 Å². The van der Waals surface area contributed by atoms with Crippen LogP contribution < -0.4 is 5.32 Å². The average molecular weight is 313 g/mol. The summed E-state index contributed by atoms with van der Waals surface area (Å²) >= 11 is 0. The molecule has 0 aliphatic heterocycles. The van der Waals surface area contributed by atoms with Gasteiger partial charge >= 0.3 is 0 Å². The first-order valence-electron chi connectivity index (χ1n) is 7.49. The summed E-state index contributed by atoms with van der Waals surface area (Å²) < 4.78 is 6.87. The number of aryl methyl sites for hydroxylation is 4. The molecule has 0 atom stereocenters. The summed E-state index contributed by atoms with van der Waals surface area (Å²) in [5, 5.41) is 11.9. The van der Waals surface area contributed by atoms with Crippen molar-refractivity contribution in [2.45, 2.75) is 34.1 Å². The van der Waals surface area contributed by atoms with E-state index in [0.29, 0.717) is 33.9 Å². The molecule has 1 N–H and O–H groups in total. The fraction of sp³-hybridized carbons (Fsp3) is 0.375. The molecule has 7 heteroatoms. The standard InChI is InChI=1S/C16H19N5O2/c1-6-12-9(3)14(21(5)19-12)18-15(22)11-7-8(2)17-16-13(11)10(4)20-23-16/h7H,6H2,1-5H3,(H,18,22). The molecular weight excluding hydrogens is 294 g/mol. The van der Waals surface area contributed by atoms with Gasteiger partial charge in [0.1, 0.15) is 5.82 Å². The molecule has 3 heterocycles. The number of carbonyl (C=O) groups excluding carboxylic acids is 1. The van der Waals surface area contributed by atoms with Crippen LogP contribution in [0.25, 0.3) is 11.1 Å². The van der Waals surface area contributed by atoms with Crippen LogP contribution in [0.5, 0.6) is 0 Å². The maximum absolute atomic E-state index is 12.8. The Kier molecular flexibility index (Phi) is 3.63. The van der Waals surface area contributed by atoms with Crippen LogP contribution in [0.3, 0.4) is 0 Å². The lowest BCUT2D eigenvalue weighted by Crippen LogP contribution is -2.16. The van der Waals surface area contributed by atoms with E-state index in [1.165, 1.54) is 0 Å².